The van der Waals surface area contributed by atoms with Crippen LogP contribution >= 0.6 is 0 Å². The summed E-state index contributed by atoms with van der Waals surface area (Å²) in [6, 6.07) is 10.4. The minimum absolute atomic E-state index is 0.400. The molecule has 0 bridgehead atoms. The summed E-state index contributed by atoms with van der Waals surface area (Å²) >= 11 is 0. The van der Waals surface area contributed by atoms with Gasteiger partial charge in [-0.25, -0.2) is 4.98 Å². The van der Waals surface area contributed by atoms with Crippen LogP contribution in [-0.2, 0) is 0 Å². The summed E-state index contributed by atoms with van der Waals surface area (Å²) in [5.41, 5.74) is 2.45. The van der Waals surface area contributed by atoms with Crippen LogP contribution in [0.5, 0.6) is 0 Å². The van der Waals surface area contributed by atoms with Crippen LogP contribution in [-0.4, -0.2) is 39.1 Å². The summed E-state index contributed by atoms with van der Waals surface area (Å²) < 4.78 is 0. The van der Waals surface area contributed by atoms with Crippen molar-refractivity contribution in [1.29, 1.82) is 0 Å². The summed E-state index contributed by atoms with van der Waals surface area (Å²) in [6.07, 6.45) is 3.79. The van der Waals surface area contributed by atoms with Crippen LogP contribution in [0.15, 0.2) is 36.7 Å². The Labute approximate surface area is 134 Å². The summed E-state index contributed by atoms with van der Waals surface area (Å²) in [7, 11) is 0. The van der Waals surface area contributed by atoms with Gasteiger partial charge in [0.15, 0.2) is 11.5 Å². The number of rotatable bonds is 4. The van der Waals surface area contributed by atoms with Crippen molar-refractivity contribution in [3.8, 4) is 0 Å². The van der Waals surface area contributed by atoms with E-state index in [-0.39, 0.29) is 0 Å². The zero-order chi connectivity index (χ0) is 15.5. The topological polar surface area (TPSA) is 90.6 Å². The molecule has 0 unspecified atom stereocenters. The maximum absolute atomic E-state index is 4.64. The summed E-state index contributed by atoms with van der Waals surface area (Å²) in [5.74, 6) is 1.35. The standard InChI is InChI=1S/C16H19N7/c1-2-4-11(5-3-1)20-15-13-14(19-10-18-13)22-16(23-15)21-12-6-8-17-9-7-12/h1-5,10,12,17H,6-9H2,(H3,18,19,20,21,22,23). The Kier molecular flexibility index (Phi) is 3.77. The number of H-pyrrole nitrogens is 1. The smallest absolute Gasteiger partial charge is 0.227 e. The highest BCUT2D eigenvalue weighted by atomic mass is 15.2. The van der Waals surface area contributed by atoms with Crippen molar-refractivity contribution in [2.24, 2.45) is 0 Å². The van der Waals surface area contributed by atoms with Crippen LogP contribution in [0.4, 0.5) is 17.5 Å². The second kappa shape index (κ2) is 6.21. The first kappa shape index (κ1) is 14.0. The Morgan fingerprint density at radius 3 is 2.70 bits per heavy atom. The predicted octanol–water partition coefficient (Wildman–Crippen LogP) is 2.26. The van der Waals surface area contributed by atoms with Crippen molar-refractivity contribution in [2.75, 3.05) is 23.7 Å². The van der Waals surface area contributed by atoms with E-state index in [1.54, 1.807) is 6.33 Å². The number of hydrogen-bond donors (Lipinski definition) is 4. The van der Waals surface area contributed by atoms with Crippen LogP contribution in [0.25, 0.3) is 11.2 Å². The van der Waals surface area contributed by atoms with Crippen molar-refractivity contribution >= 4 is 28.6 Å². The maximum atomic E-state index is 4.64. The Morgan fingerprint density at radius 1 is 1.04 bits per heavy atom. The largest absolute Gasteiger partial charge is 0.351 e. The summed E-state index contributed by atoms with van der Waals surface area (Å²) in [4.78, 5) is 16.5. The maximum Gasteiger partial charge on any atom is 0.227 e. The van der Waals surface area contributed by atoms with Crippen LogP contribution < -0.4 is 16.0 Å². The Hall–Kier alpha value is -2.67. The molecule has 3 aromatic rings. The second-order valence-corrected chi connectivity index (χ2v) is 5.66. The number of benzene rings is 1. The highest BCUT2D eigenvalue weighted by molar-refractivity contribution is 5.86. The number of nitrogens with one attached hydrogen (secondary N) is 4. The van der Waals surface area contributed by atoms with E-state index in [1.165, 1.54) is 0 Å². The van der Waals surface area contributed by atoms with E-state index in [0.29, 0.717) is 17.6 Å². The first-order valence-electron chi connectivity index (χ1n) is 7.89. The van der Waals surface area contributed by atoms with Crippen molar-refractivity contribution in [3.05, 3.63) is 36.7 Å². The van der Waals surface area contributed by atoms with Gasteiger partial charge in [0, 0.05) is 11.7 Å². The summed E-state index contributed by atoms with van der Waals surface area (Å²) in [5, 5.41) is 10.1. The molecule has 0 radical (unpaired) electrons. The molecule has 0 amide bonds. The first-order chi connectivity index (χ1) is 11.4. The number of aromatic nitrogens is 4. The molecule has 0 aliphatic carbocycles. The van der Waals surface area contributed by atoms with Gasteiger partial charge in [-0.15, -0.1) is 0 Å². The van der Waals surface area contributed by atoms with Crippen molar-refractivity contribution < 1.29 is 0 Å². The van der Waals surface area contributed by atoms with Gasteiger partial charge in [-0.05, 0) is 38.1 Å². The summed E-state index contributed by atoms with van der Waals surface area (Å²) in [6.45, 7) is 2.05. The second-order valence-electron chi connectivity index (χ2n) is 5.66. The fourth-order valence-corrected chi connectivity index (χ4v) is 2.80. The molecule has 1 aromatic carbocycles. The van der Waals surface area contributed by atoms with Crippen molar-refractivity contribution in [3.63, 3.8) is 0 Å². The molecule has 4 rings (SSSR count). The minimum Gasteiger partial charge on any atom is -0.351 e. The van der Waals surface area contributed by atoms with Gasteiger partial charge in [-0.3, -0.25) is 0 Å². The van der Waals surface area contributed by atoms with E-state index in [2.05, 4.69) is 35.9 Å². The average molecular weight is 309 g/mol. The van der Waals surface area contributed by atoms with E-state index >= 15 is 0 Å². The van der Waals surface area contributed by atoms with Gasteiger partial charge in [-0.2, -0.15) is 9.97 Å². The Bertz CT molecular complexity index is 777. The van der Waals surface area contributed by atoms with Gasteiger partial charge in [0.1, 0.15) is 5.52 Å². The molecule has 0 spiro atoms. The lowest BCUT2D eigenvalue weighted by Crippen LogP contribution is -2.35. The van der Waals surface area contributed by atoms with Gasteiger partial charge < -0.3 is 20.9 Å². The minimum atomic E-state index is 0.400. The van der Waals surface area contributed by atoms with Gasteiger partial charge in [-0.1, -0.05) is 18.2 Å². The molecule has 3 heterocycles. The molecule has 1 saturated heterocycles. The average Bonchev–Trinajstić information content (AvgIpc) is 3.05. The third-order valence-corrected chi connectivity index (χ3v) is 3.99. The number of nitrogens with zero attached hydrogens (tertiary/aromatic N) is 3. The number of piperidine rings is 1. The fraction of sp³-hybridized carbons (Fsp3) is 0.312. The number of anilines is 3. The molecular formula is C16H19N7. The molecule has 0 saturated carbocycles. The van der Waals surface area contributed by atoms with Crippen LogP contribution in [0.1, 0.15) is 12.8 Å². The molecular weight excluding hydrogens is 290 g/mol. The quantitative estimate of drug-likeness (QED) is 0.591. The molecule has 23 heavy (non-hydrogen) atoms. The van der Waals surface area contributed by atoms with E-state index in [4.69, 9.17) is 0 Å². The molecule has 118 valence electrons. The van der Waals surface area contributed by atoms with Crippen molar-refractivity contribution in [2.45, 2.75) is 18.9 Å². The number of fused-ring (bicyclic) bond motifs is 1. The van der Waals surface area contributed by atoms with Crippen LogP contribution in [0.2, 0.25) is 0 Å². The van der Waals surface area contributed by atoms with Gasteiger partial charge in [0.05, 0.1) is 6.33 Å². The normalized spacial score (nSPS) is 15.7. The molecule has 7 nitrogen and oxygen atoms in total. The van der Waals surface area contributed by atoms with E-state index in [9.17, 15) is 0 Å². The predicted molar refractivity (Wildman–Crippen MR) is 90.9 cm³/mol. The molecule has 1 aliphatic heterocycles. The van der Waals surface area contributed by atoms with E-state index in [1.807, 2.05) is 30.3 Å². The highest BCUT2D eigenvalue weighted by Gasteiger charge is 2.16. The van der Waals surface area contributed by atoms with Crippen LogP contribution in [0.3, 0.4) is 0 Å². The van der Waals surface area contributed by atoms with Crippen LogP contribution in [0, 0.1) is 0 Å². The number of imidazole rings is 1. The fourth-order valence-electron chi connectivity index (χ4n) is 2.80. The molecule has 0 atom stereocenters. The van der Waals surface area contributed by atoms with Gasteiger partial charge in [0.25, 0.3) is 0 Å². The zero-order valence-electron chi connectivity index (χ0n) is 12.7. The Morgan fingerprint density at radius 2 is 1.87 bits per heavy atom. The SMILES string of the molecule is c1ccc(Nc2nc(NC3CCNCC3)nc3nc[nH]c23)cc1. The molecule has 4 N–H and O–H groups in total. The number of hydrogen-bond acceptors (Lipinski definition) is 6. The number of aromatic amines is 1. The molecule has 2 aromatic heterocycles. The molecule has 1 aliphatic rings. The van der Waals surface area contributed by atoms with E-state index < -0.39 is 0 Å². The lowest BCUT2D eigenvalue weighted by atomic mass is 10.1. The Balaban J connectivity index is 1.64. The lowest BCUT2D eigenvalue weighted by Gasteiger charge is -2.23. The molecule has 7 heteroatoms. The third-order valence-electron chi connectivity index (χ3n) is 3.99. The van der Waals surface area contributed by atoms with E-state index in [0.717, 1.165) is 43.0 Å². The first-order valence-corrected chi connectivity index (χ1v) is 7.89. The molecule has 1 fully saturated rings. The third kappa shape index (κ3) is 3.09. The van der Waals surface area contributed by atoms with Gasteiger partial charge >= 0.3 is 0 Å². The number of para-hydroxylation sites is 1. The monoisotopic (exact) mass is 309 g/mol. The van der Waals surface area contributed by atoms with Crippen molar-refractivity contribution in [1.82, 2.24) is 25.3 Å². The lowest BCUT2D eigenvalue weighted by molar-refractivity contribution is 0.477. The van der Waals surface area contributed by atoms with Gasteiger partial charge in [0.2, 0.25) is 5.95 Å². The zero-order valence-corrected chi connectivity index (χ0v) is 12.7. The highest BCUT2D eigenvalue weighted by Crippen LogP contribution is 2.23.